The molecule has 4 heterocycles. The van der Waals surface area contributed by atoms with Gasteiger partial charge in [-0.15, -0.1) is 11.3 Å². The van der Waals surface area contributed by atoms with Crippen LogP contribution < -0.4 is 5.73 Å². The highest BCUT2D eigenvalue weighted by Crippen LogP contribution is 2.40. The Morgan fingerprint density at radius 3 is 2.86 bits per heavy atom. The fourth-order valence-electron chi connectivity index (χ4n) is 3.87. The van der Waals surface area contributed by atoms with Crippen LogP contribution in [0.5, 0.6) is 0 Å². The molecule has 5 rings (SSSR count). The van der Waals surface area contributed by atoms with Crippen molar-refractivity contribution in [3.05, 3.63) is 89.2 Å². The number of H-pyrrole nitrogens is 1. The van der Waals surface area contributed by atoms with Gasteiger partial charge in [-0.25, -0.2) is 4.98 Å². The molecule has 0 saturated heterocycles. The molecule has 0 spiro atoms. The van der Waals surface area contributed by atoms with E-state index in [0.29, 0.717) is 24.2 Å². The number of pyridine rings is 1. The van der Waals surface area contributed by atoms with Crippen LogP contribution in [0, 0.1) is 0 Å². The van der Waals surface area contributed by atoms with Crippen molar-refractivity contribution in [2.24, 2.45) is 5.73 Å². The van der Waals surface area contributed by atoms with Crippen molar-refractivity contribution >= 4 is 32.9 Å². The van der Waals surface area contributed by atoms with Crippen LogP contribution in [0.3, 0.4) is 0 Å². The van der Waals surface area contributed by atoms with Gasteiger partial charge in [0.1, 0.15) is 6.04 Å². The number of aromatic amines is 1. The Bertz CT molecular complexity index is 1180. The first kappa shape index (κ1) is 17.6. The van der Waals surface area contributed by atoms with Gasteiger partial charge >= 0.3 is 0 Å². The average molecular weight is 401 g/mol. The highest BCUT2D eigenvalue weighted by Gasteiger charge is 2.36. The molecule has 1 aromatic carbocycles. The predicted octanol–water partition coefficient (Wildman–Crippen LogP) is 3.49. The number of amides is 1. The maximum absolute atomic E-state index is 13.6. The molecule has 0 bridgehead atoms. The average Bonchev–Trinajstić information content (AvgIpc) is 3.41. The summed E-state index contributed by atoms with van der Waals surface area (Å²) in [6.45, 7) is 0.569. The molecule has 0 radical (unpaired) electrons. The maximum atomic E-state index is 13.6. The number of benzene rings is 1. The number of nitrogens with two attached hydrogens (primary N) is 1. The fourth-order valence-corrected chi connectivity index (χ4v) is 5.06. The zero-order valence-electron chi connectivity index (χ0n) is 15.6. The van der Waals surface area contributed by atoms with Crippen LogP contribution in [0.4, 0.5) is 0 Å². The van der Waals surface area contributed by atoms with Gasteiger partial charge in [-0.3, -0.25) is 9.78 Å². The number of nitrogens with one attached hydrogen (secondary N) is 1. The minimum absolute atomic E-state index is 0.131. The predicted molar refractivity (Wildman–Crippen MR) is 114 cm³/mol. The van der Waals surface area contributed by atoms with E-state index < -0.39 is 0 Å². The fraction of sp³-hybridized carbons (Fsp3) is 0.136. The minimum Gasteiger partial charge on any atom is -0.404 e. The Morgan fingerprint density at radius 2 is 2.07 bits per heavy atom. The van der Waals surface area contributed by atoms with Crippen molar-refractivity contribution in [2.75, 3.05) is 6.54 Å². The third kappa shape index (κ3) is 3.00. The van der Waals surface area contributed by atoms with Crippen molar-refractivity contribution in [2.45, 2.75) is 12.5 Å². The van der Waals surface area contributed by atoms with E-state index in [1.807, 2.05) is 29.2 Å². The molecule has 3 aromatic heterocycles. The molecule has 0 fully saturated rings. The van der Waals surface area contributed by atoms with Crippen molar-refractivity contribution < 1.29 is 4.79 Å². The molecule has 0 saturated carbocycles. The zero-order chi connectivity index (χ0) is 19.8. The van der Waals surface area contributed by atoms with Crippen molar-refractivity contribution in [1.82, 2.24) is 19.9 Å². The SMILES string of the molecule is N/C=C(/C(=O)N1CCc2nc[nH]c2[C@@H]1c1cc2ccccc2s1)c1ccccn1. The number of aromatic nitrogens is 3. The Balaban J connectivity index is 1.60. The molecule has 6 nitrogen and oxygen atoms in total. The zero-order valence-corrected chi connectivity index (χ0v) is 16.4. The quantitative estimate of drug-likeness (QED) is 0.515. The van der Waals surface area contributed by atoms with Crippen LogP contribution >= 0.6 is 11.3 Å². The van der Waals surface area contributed by atoms with E-state index in [4.69, 9.17) is 5.73 Å². The third-order valence-electron chi connectivity index (χ3n) is 5.24. The normalized spacial score (nSPS) is 16.8. The van der Waals surface area contributed by atoms with E-state index >= 15 is 0 Å². The van der Waals surface area contributed by atoms with Crippen molar-refractivity contribution in [3.63, 3.8) is 0 Å². The molecular weight excluding hydrogens is 382 g/mol. The van der Waals surface area contributed by atoms with Gasteiger partial charge in [0.05, 0.1) is 29.0 Å². The smallest absolute Gasteiger partial charge is 0.258 e. The molecule has 144 valence electrons. The lowest BCUT2D eigenvalue weighted by Gasteiger charge is -2.35. The third-order valence-corrected chi connectivity index (χ3v) is 6.41. The van der Waals surface area contributed by atoms with Gasteiger partial charge in [0.2, 0.25) is 0 Å². The van der Waals surface area contributed by atoms with Crippen molar-refractivity contribution in [3.8, 4) is 0 Å². The first-order valence-electron chi connectivity index (χ1n) is 9.41. The van der Waals surface area contributed by atoms with Crippen molar-refractivity contribution in [1.29, 1.82) is 0 Å². The van der Waals surface area contributed by atoms with Crippen LogP contribution in [0.1, 0.15) is 28.0 Å². The van der Waals surface area contributed by atoms with Gasteiger partial charge in [-0.2, -0.15) is 0 Å². The molecule has 0 unspecified atom stereocenters. The highest BCUT2D eigenvalue weighted by molar-refractivity contribution is 7.19. The summed E-state index contributed by atoms with van der Waals surface area (Å²) >= 11 is 1.70. The Hall–Kier alpha value is -3.45. The maximum Gasteiger partial charge on any atom is 0.258 e. The summed E-state index contributed by atoms with van der Waals surface area (Å²) in [5.74, 6) is -0.131. The largest absolute Gasteiger partial charge is 0.404 e. The van der Waals surface area contributed by atoms with Gasteiger partial charge in [-0.1, -0.05) is 24.3 Å². The number of rotatable bonds is 3. The number of imidazole rings is 1. The molecule has 1 atom stereocenters. The Labute approximate surface area is 171 Å². The Kier molecular flexibility index (Phi) is 4.37. The lowest BCUT2D eigenvalue weighted by atomic mass is 9.99. The molecule has 1 aliphatic heterocycles. The first-order valence-corrected chi connectivity index (χ1v) is 10.2. The van der Waals surface area contributed by atoms with Crippen LogP contribution in [0.2, 0.25) is 0 Å². The molecule has 3 N–H and O–H groups in total. The summed E-state index contributed by atoms with van der Waals surface area (Å²) in [4.78, 5) is 28.6. The summed E-state index contributed by atoms with van der Waals surface area (Å²) in [7, 11) is 0. The summed E-state index contributed by atoms with van der Waals surface area (Å²) < 4.78 is 1.20. The number of thiophene rings is 1. The number of hydrogen-bond donors (Lipinski definition) is 2. The molecule has 0 aliphatic carbocycles. The number of carbonyl (C=O) groups excluding carboxylic acids is 1. The molecule has 1 aliphatic rings. The number of nitrogens with zero attached hydrogens (tertiary/aromatic N) is 3. The Morgan fingerprint density at radius 1 is 1.21 bits per heavy atom. The number of hydrogen-bond acceptors (Lipinski definition) is 5. The van der Waals surface area contributed by atoms with E-state index in [9.17, 15) is 4.79 Å². The van der Waals surface area contributed by atoms with Gasteiger partial charge in [0.25, 0.3) is 5.91 Å². The van der Waals surface area contributed by atoms with Crippen LogP contribution in [0.15, 0.2) is 67.3 Å². The second-order valence-electron chi connectivity index (χ2n) is 6.90. The van der Waals surface area contributed by atoms with Crippen LogP contribution in [0.25, 0.3) is 15.7 Å². The monoisotopic (exact) mass is 401 g/mol. The second-order valence-corrected chi connectivity index (χ2v) is 8.01. The summed E-state index contributed by atoms with van der Waals surface area (Å²) in [6, 6.07) is 15.7. The van der Waals surface area contributed by atoms with Gasteiger partial charge in [0.15, 0.2) is 0 Å². The highest BCUT2D eigenvalue weighted by atomic mass is 32.1. The lowest BCUT2D eigenvalue weighted by molar-refractivity contribution is -0.127. The van der Waals surface area contributed by atoms with Crippen LogP contribution in [-0.4, -0.2) is 32.3 Å². The second kappa shape index (κ2) is 7.18. The summed E-state index contributed by atoms with van der Waals surface area (Å²) in [5, 5.41) is 1.17. The topological polar surface area (TPSA) is 87.9 Å². The number of carbonyl (C=O) groups is 1. The minimum atomic E-state index is -0.232. The molecular formula is C22H19N5OS. The van der Waals surface area contributed by atoms with Crippen LogP contribution in [-0.2, 0) is 11.2 Å². The molecule has 4 aromatic rings. The lowest BCUT2D eigenvalue weighted by Crippen LogP contribution is -2.41. The van der Waals surface area contributed by atoms with E-state index in [-0.39, 0.29) is 11.9 Å². The van der Waals surface area contributed by atoms with E-state index in [2.05, 4.69) is 33.2 Å². The van der Waals surface area contributed by atoms with E-state index in [1.165, 1.54) is 16.3 Å². The van der Waals surface area contributed by atoms with Gasteiger partial charge in [-0.05, 0) is 29.7 Å². The summed E-state index contributed by atoms with van der Waals surface area (Å²) in [5.41, 5.74) is 8.82. The van der Waals surface area contributed by atoms with E-state index in [1.54, 1.807) is 29.9 Å². The molecule has 1 amide bonds. The standard InChI is InChI=1S/C22H19N5OS/c23-12-15(16-6-3-4-9-24-16)22(28)27-10-8-17-20(26-13-25-17)21(27)19-11-14-5-1-2-7-18(14)29-19/h1-7,9,11-13,21H,8,10,23H2,(H,25,26)/b15-12+/t21-/m0/s1. The summed E-state index contributed by atoms with van der Waals surface area (Å²) in [6.07, 6.45) is 5.43. The van der Waals surface area contributed by atoms with Gasteiger partial charge in [0, 0.05) is 34.9 Å². The first-order chi connectivity index (χ1) is 14.3. The molecule has 7 heteroatoms. The molecule has 29 heavy (non-hydrogen) atoms. The van der Waals surface area contributed by atoms with Gasteiger partial charge < -0.3 is 15.6 Å². The van der Waals surface area contributed by atoms with E-state index in [0.717, 1.165) is 16.3 Å². The number of fused-ring (bicyclic) bond motifs is 2.